The summed E-state index contributed by atoms with van der Waals surface area (Å²) in [5.41, 5.74) is 0.926. The van der Waals surface area contributed by atoms with E-state index in [4.69, 9.17) is 4.74 Å². The molecule has 1 aromatic rings. The fourth-order valence-corrected chi connectivity index (χ4v) is 3.90. The molecular weight excluding hydrogens is 342 g/mol. The van der Waals surface area contributed by atoms with Crippen LogP contribution in [0.2, 0.25) is 0 Å². The molecule has 0 radical (unpaired) electrons. The molecule has 0 atom stereocenters. The van der Waals surface area contributed by atoms with Gasteiger partial charge in [-0.15, -0.1) is 0 Å². The summed E-state index contributed by atoms with van der Waals surface area (Å²) in [6.07, 6.45) is 0.953. The first-order valence-electron chi connectivity index (χ1n) is 8.51. The Labute approximate surface area is 150 Å². The average molecular weight is 369 g/mol. The topological polar surface area (TPSA) is 70.2 Å². The van der Waals surface area contributed by atoms with Crippen molar-refractivity contribution in [3.63, 3.8) is 0 Å². The summed E-state index contributed by atoms with van der Waals surface area (Å²) in [6.45, 7) is 4.30. The fraction of sp³-hybridized carbons (Fsp3) is 0.588. The molecule has 1 heterocycles. The Kier molecular flexibility index (Phi) is 6.80. The molecule has 0 saturated carbocycles. The highest BCUT2D eigenvalue weighted by molar-refractivity contribution is 7.86. The molecule has 0 N–H and O–H groups in total. The van der Waals surface area contributed by atoms with Gasteiger partial charge in [0.2, 0.25) is 5.91 Å². The Balaban J connectivity index is 1.94. The number of rotatable bonds is 6. The second-order valence-corrected chi connectivity index (χ2v) is 8.32. The first-order valence-corrected chi connectivity index (χ1v) is 9.91. The van der Waals surface area contributed by atoms with Crippen LogP contribution < -0.4 is 4.74 Å². The van der Waals surface area contributed by atoms with Crippen molar-refractivity contribution in [2.75, 3.05) is 46.9 Å². The molecule has 25 heavy (non-hydrogen) atoms. The van der Waals surface area contributed by atoms with Crippen LogP contribution in [0.25, 0.3) is 0 Å². The molecule has 7 nitrogen and oxygen atoms in total. The SMILES string of the molecule is CCOc1ccc(CC(=O)N2CCCN(S(=O)(=O)N(C)C)CC2)cc1. The van der Waals surface area contributed by atoms with E-state index in [2.05, 4.69) is 0 Å². The summed E-state index contributed by atoms with van der Waals surface area (Å²) in [7, 11) is -0.381. The Morgan fingerprint density at radius 1 is 1.12 bits per heavy atom. The normalized spacial score (nSPS) is 16.7. The van der Waals surface area contributed by atoms with Gasteiger partial charge >= 0.3 is 0 Å². The summed E-state index contributed by atoms with van der Waals surface area (Å²) in [5, 5.41) is 0. The zero-order valence-electron chi connectivity index (χ0n) is 15.1. The van der Waals surface area contributed by atoms with Crippen LogP contribution >= 0.6 is 0 Å². The highest BCUT2D eigenvalue weighted by Gasteiger charge is 2.28. The largest absolute Gasteiger partial charge is 0.494 e. The summed E-state index contributed by atoms with van der Waals surface area (Å²) < 4.78 is 32.5. The highest BCUT2D eigenvalue weighted by Crippen LogP contribution is 2.15. The summed E-state index contributed by atoms with van der Waals surface area (Å²) in [4.78, 5) is 14.3. The molecule has 0 aliphatic carbocycles. The third-order valence-corrected chi connectivity index (χ3v) is 6.13. The summed E-state index contributed by atoms with van der Waals surface area (Å²) >= 11 is 0. The van der Waals surface area contributed by atoms with Crippen molar-refractivity contribution >= 4 is 16.1 Å². The quantitative estimate of drug-likeness (QED) is 0.749. The maximum absolute atomic E-state index is 12.5. The lowest BCUT2D eigenvalue weighted by Gasteiger charge is -2.24. The summed E-state index contributed by atoms with van der Waals surface area (Å²) in [6, 6.07) is 7.51. The van der Waals surface area contributed by atoms with Gasteiger partial charge in [-0.05, 0) is 31.0 Å². The van der Waals surface area contributed by atoms with Crippen LogP contribution in [0, 0.1) is 0 Å². The smallest absolute Gasteiger partial charge is 0.281 e. The van der Waals surface area contributed by atoms with E-state index in [1.807, 2.05) is 31.2 Å². The van der Waals surface area contributed by atoms with Gasteiger partial charge in [0.25, 0.3) is 10.2 Å². The molecule has 0 aromatic heterocycles. The van der Waals surface area contributed by atoms with Crippen molar-refractivity contribution in [1.29, 1.82) is 0 Å². The number of nitrogens with zero attached hydrogens (tertiary/aromatic N) is 3. The standard InChI is InChI=1S/C17H27N3O4S/c1-4-24-16-8-6-15(7-9-16)14-17(21)19-10-5-11-20(13-12-19)25(22,23)18(2)3/h6-9H,4-5,10-14H2,1-3H3. The minimum Gasteiger partial charge on any atom is -0.494 e. The minimum atomic E-state index is -3.43. The van der Waals surface area contributed by atoms with Crippen molar-refractivity contribution in [3.05, 3.63) is 29.8 Å². The van der Waals surface area contributed by atoms with Crippen molar-refractivity contribution in [2.45, 2.75) is 19.8 Å². The number of ether oxygens (including phenoxy) is 1. The van der Waals surface area contributed by atoms with Gasteiger partial charge < -0.3 is 9.64 Å². The Hall–Kier alpha value is -1.64. The van der Waals surface area contributed by atoms with Crippen molar-refractivity contribution in [1.82, 2.24) is 13.5 Å². The van der Waals surface area contributed by atoms with Gasteiger partial charge in [-0.2, -0.15) is 17.0 Å². The second kappa shape index (κ2) is 8.64. The van der Waals surface area contributed by atoms with Gasteiger partial charge in [-0.25, -0.2) is 0 Å². The van der Waals surface area contributed by atoms with E-state index in [0.717, 1.165) is 11.3 Å². The third-order valence-electron chi connectivity index (χ3n) is 4.19. The van der Waals surface area contributed by atoms with Crippen molar-refractivity contribution in [2.24, 2.45) is 0 Å². The second-order valence-electron chi connectivity index (χ2n) is 6.18. The number of carbonyl (C=O) groups is 1. The van der Waals surface area contributed by atoms with Crippen LogP contribution in [-0.2, 0) is 21.4 Å². The van der Waals surface area contributed by atoms with E-state index in [9.17, 15) is 13.2 Å². The highest BCUT2D eigenvalue weighted by atomic mass is 32.2. The molecule has 1 aliphatic rings. The third kappa shape index (κ3) is 5.17. The molecule has 2 rings (SSSR count). The summed E-state index contributed by atoms with van der Waals surface area (Å²) in [5.74, 6) is 0.811. The van der Waals surface area contributed by atoms with Crippen LogP contribution in [-0.4, -0.2) is 74.7 Å². The van der Waals surface area contributed by atoms with E-state index in [-0.39, 0.29) is 5.91 Å². The first-order chi connectivity index (χ1) is 11.8. The maximum atomic E-state index is 12.5. The van der Waals surface area contributed by atoms with Crippen molar-refractivity contribution in [3.8, 4) is 5.75 Å². The zero-order valence-corrected chi connectivity index (χ0v) is 16.0. The van der Waals surface area contributed by atoms with Crippen LogP contribution in [0.5, 0.6) is 5.75 Å². The lowest BCUT2D eigenvalue weighted by molar-refractivity contribution is -0.130. The molecule has 1 fully saturated rings. The average Bonchev–Trinajstić information content (AvgIpc) is 2.83. The van der Waals surface area contributed by atoms with Gasteiger partial charge in [-0.1, -0.05) is 12.1 Å². The van der Waals surface area contributed by atoms with E-state index in [1.54, 1.807) is 4.90 Å². The molecule has 1 amide bonds. The molecule has 1 aromatic carbocycles. The number of amides is 1. The first kappa shape index (κ1) is 19.7. The molecule has 1 aliphatic heterocycles. The number of benzene rings is 1. The predicted molar refractivity (Wildman–Crippen MR) is 96.7 cm³/mol. The minimum absolute atomic E-state index is 0.0215. The van der Waals surface area contributed by atoms with Crippen LogP contribution in [0.3, 0.4) is 0 Å². The lowest BCUT2D eigenvalue weighted by atomic mass is 10.1. The number of hydrogen-bond donors (Lipinski definition) is 0. The maximum Gasteiger partial charge on any atom is 0.281 e. The number of hydrogen-bond acceptors (Lipinski definition) is 4. The van der Waals surface area contributed by atoms with E-state index in [1.165, 1.54) is 22.7 Å². The molecule has 1 saturated heterocycles. The van der Waals surface area contributed by atoms with Gasteiger partial charge in [0.05, 0.1) is 13.0 Å². The fourth-order valence-electron chi connectivity index (χ4n) is 2.76. The molecule has 8 heteroatoms. The zero-order chi connectivity index (χ0) is 18.4. The van der Waals surface area contributed by atoms with E-state index < -0.39 is 10.2 Å². The molecule has 0 spiro atoms. The predicted octanol–water partition coefficient (Wildman–Crippen LogP) is 0.969. The van der Waals surface area contributed by atoms with Crippen LogP contribution in [0.15, 0.2) is 24.3 Å². The Morgan fingerprint density at radius 2 is 1.80 bits per heavy atom. The van der Waals surface area contributed by atoms with Gasteiger partial charge in [0.15, 0.2) is 0 Å². The van der Waals surface area contributed by atoms with Gasteiger partial charge in [0, 0.05) is 40.3 Å². The Morgan fingerprint density at radius 3 is 2.40 bits per heavy atom. The number of carbonyl (C=O) groups excluding carboxylic acids is 1. The lowest BCUT2D eigenvalue weighted by Crippen LogP contribution is -2.42. The van der Waals surface area contributed by atoms with Crippen molar-refractivity contribution < 1.29 is 17.9 Å². The monoisotopic (exact) mass is 369 g/mol. The molecule has 140 valence electrons. The molecule has 0 bridgehead atoms. The molecular formula is C17H27N3O4S. The molecule has 0 unspecified atom stereocenters. The van der Waals surface area contributed by atoms with Gasteiger partial charge in [0.1, 0.15) is 5.75 Å². The van der Waals surface area contributed by atoms with Gasteiger partial charge in [-0.3, -0.25) is 4.79 Å². The van der Waals surface area contributed by atoms with Crippen LogP contribution in [0.1, 0.15) is 18.9 Å². The van der Waals surface area contributed by atoms with Crippen LogP contribution in [0.4, 0.5) is 0 Å². The Bertz CT molecular complexity index is 674. The van der Waals surface area contributed by atoms with E-state index >= 15 is 0 Å². The van der Waals surface area contributed by atoms with E-state index in [0.29, 0.717) is 45.6 Å².